The average molecular weight is 347 g/mol. The van der Waals surface area contributed by atoms with E-state index < -0.39 is 0 Å². The summed E-state index contributed by atoms with van der Waals surface area (Å²) in [6.45, 7) is 9.07. The predicted molar refractivity (Wildman–Crippen MR) is 98.5 cm³/mol. The van der Waals surface area contributed by atoms with E-state index in [1.807, 2.05) is 23.1 Å². The monoisotopic (exact) mass is 347 g/mol. The molecule has 1 N–H and O–H groups in total. The van der Waals surface area contributed by atoms with Crippen molar-refractivity contribution in [2.75, 3.05) is 51.4 Å². The first-order valence-electron chi connectivity index (χ1n) is 9.06. The molecule has 0 saturated carbocycles. The molecule has 138 valence electrons. The summed E-state index contributed by atoms with van der Waals surface area (Å²) < 4.78 is 10.7. The molecule has 0 unspecified atom stereocenters. The summed E-state index contributed by atoms with van der Waals surface area (Å²) in [6, 6.07) is 5.92. The summed E-state index contributed by atoms with van der Waals surface area (Å²) in [7, 11) is 1.67. The van der Waals surface area contributed by atoms with E-state index in [1.165, 1.54) is 5.56 Å². The molecule has 2 aliphatic rings. The molecule has 3 rings (SSSR count). The number of nitrogens with one attached hydrogen (secondary N) is 1. The minimum atomic E-state index is -0.0854. The van der Waals surface area contributed by atoms with E-state index in [9.17, 15) is 4.79 Å². The summed E-state index contributed by atoms with van der Waals surface area (Å²) in [5.41, 5.74) is 2.08. The molecule has 0 aromatic heterocycles. The van der Waals surface area contributed by atoms with Crippen LogP contribution < -0.4 is 15.0 Å². The van der Waals surface area contributed by atoms with Crippen LogP contribution in [0, 0.1) is 0 Å². The Balaban J connectivity index is 1.64. The number of urea groups is 1. The largest absolute Gasteiger partial charge is 0.497 e. The van der Waals surface area contributed by atoms with Gasteiger partial charge in [0.1, 0.15) is 5.75 Å². The van der Waals surface area contributed by atoms with Gasteiger partial charge in [0.2, 0.25) is 0 Å². The van der Waals surface area contributed by atoms with Crippen LogP contribution in [-0.4, -0.2) is 63.0 Å². The lowest BCUT2D eigenvalue weighted by atomic mass is 10.0. The van der Waals surface area contributed by atoms with Gasteiger partial charge in [-0.25, -0.2) is 4.79 Å². The van der Waals surface area contributed by atoms with E-state index in [2.05, 4.69) is 24.1 Å². The van der Waals surface area contributed by atoms with Gasteiger partial charge in [0.05, 0.1) is 20.3 Å². The lowest BCUT2D eigenvalue weighted by Crippen LogP contribution is -2.57. The molecule has 1 saturated heterocycles. The molecule has 6 nitrogen and oxygen atoms in total. The Hall–Kier alpha value is -1.79. The van der Waals surface area contributed by atoms with E-state index >= 15 is 0 Å². The minimum Gasteiger partial charge on any atom is -0.497 e. The summed E-state index contributed by atoms with van der Waals surface area (Å²) in [6.07, 6.45) is 1.95. The highest BCUT2D eigenvalue weighted by Crippen LogP contribution is 2.30. The molecule has 0 spiro atoms. The number of benzene rings is 1. The normalized spacial score (nSPS) is 18.6. The number of fused-ring (bicyclic) bond motifs is 1. The number of carbonyl (C=O) groups is 1. The van der Waals surface area contributed by atoms with Gasteiger partial charge in [-0.05, 0) is 50.5 Å². The molecule has 0 atom stereocenters. The van der Waals surface area contributed by atoms with Gasteiger partial charge in [0, 0.05) is 37.4 Å². The van der Waals surface area contributed by atoms with Crippen LogP contribution in [0.4, 0.5) is 10.5 Å². The highest BCUT2D eigenvalue weighted by molar-refractivity contribution is 5.93. The second-order valence-electron chi connectivity index (χ2n) is 7.32. The van der Waals surface area contributed by atoms with E-state index in [1.54, 1.807) is 7.11 Å². The number of methoxy groups -OCH3 is 1. The first-order valence-corrected chi connectivity index (χ1v) is 9.06. The maximum Gasteiger partial charge on any atom is 0.321 e. The highest BCUT2D eigenvalue weighted by Gasteiger charge is 2.30. The maximum absolute atomic E-state index is 12.8. The molecule has 1 aromatic rings. The molecular weight excluding hydrogens is 318 g/mol. The summed E-state index contributed by atoms with van der Waals surface area (Å²) in [5.74, 6) is 0.842. The number of hydrogen-bond acceptors (Lipinski definition) is 4. The van der Waals surface area contributed by atoms with Gasteiger partial charge in [-0.1, -0.05) is 0 Å². The van der Waals surface area contributed by atoms with Gasteiger partial charge in [-0.2, -0.15) is 0 Å². The molecule has 2 heterocycles. The van der Waals surface area contributed by atoms with Gasteiger partial charge < -0.3 is 14.8 Å². The summed E-state index contributed by atoms with van der Waals surface area (Å²) in [5, 5.41) is 3.13. The Bertz CT molecular complexity index is 612. The van der Waals surface area contributed by atoms with Gasteiger partial charge in [0.25, 0.3) is 0 Å². The quantitative estimate of drug-likeness (QED) is 0.908. The fraction of sp³-hybridized carbons (Fsp3) is 0.632. The number of anilines is 1. The van der Waals surface area contributed by atoms with Crippen LogP contribution in [0.1, 0.15) is 25.8 Å². The maximum atomic E-state index is 12.8. The third kappa shape index (κ3) is 4.07. The van der Waals surface area contributed by atoms with Crippen LogP contribution in [0.15, 0.2) is 18.2 Å². The Morgan fingerprint density at radius 1 is 1.28 bits per heavy atom. The number of carbonyl (C=O) groups excluding carboxylic acids is 1. The molecule has 0 radical (unpaired) electrons. The topological polar surface area (TPSA) is 54.0 Å². The van der Waals surface area contributed by atoms with Crippen molar-refractivity contribution in [3.05, 3.63) is 23.8 Å². The number of ether oxygens (including phenoxy) is 2. The number of morpholine rings is 1. The van der Waals surface area contributed by atoms with Gasteiger partial charge in [-0.3, -0.25) is 9.80 Å². The SMILES string of the molecule is COc1ccc2c(c1)CCCN2C(=O)NCC(C)(C)N1CCOCC1. The fourth-order valence-electron chi connectivity index (χ4n) is 3.58. The van der Waals surface area contributed by atoms with Crippen LogP contribution in [0.2, 0.25) is 0 Å². The zero-order chi connectivity index (χ0) is 17.9. The van der Waals surface area contributed by atoms with E-state index in [4.69, 9.17) is 9.47 Å². The second-order valence-corrected chi connectivity index (χ2v) is 7.32. The number of hydrogen-bond donors (Lipinski definition) is 1. The number of nitrogens with zero attached hydrogens (tertiary/aromatic N) is 2. The molecule has 0 aliphatic carbocycles. The zero-order valence-electron chi connectivity index (χ0n) is 15.5. The average Bonchev–Trinajstić information content (AvgIpc) is 2.66. The molecule has 1 aromatic carbocycles. The van der Waals surface area contributed by atoms with Crippen molar-refractivity contribution in [2.24, 2.45) is 0 Å². The van der Waals surface area contributed by atoms with Crippen molar-refractivity contribution < 1.29 is 14.3 Å². The molecule has 2 aliphatic heterocycles. The smallest absolute Gasteiger partial charge is 0.321 e. The first kappa shape index (κ1) is 18.0. The summed E-state index contributed by atoms with van der Waals surface area (Å²) >= 11 is 0. The highest BCUT2D eigenvalue weighted by atomic mass is 16.5. The van der Waals surface area contributed by atoms with Crippen molar-refractivity contribution in [3.8, 4) is 5.75 Å². The van der Waals surface area contributed by atoms with Crippen molar-refractivity contribution in [3.63, 3.8) is 0 Å². The van der Waals surface area contributed by atoms with Crippen LogP contribution in [0.5, 0.6) is 5.75 Å². The molecule has 0 bridgehead atoms. The first-order chi connectivity index (χ1) is 12.0. The van der Waals surface area contributed by atoms with Crippen molar-refractivity contribution >= 4 is 11.7 Å². The number of rotatable bonds is 4. The van der Waals surface area contributed by atoms with Gasteiger partial charge >= 0.3 is 6.03 Å². The standard InChI is InChI=1S/C19H29N3O3/c1-19(2,21-9-11-25-12-10-21)14-20-18(23)22-8-4-5-15-13-16(24-3)6-7-17(15)22/h6-7,13H,4-5,8-12,14H2,1-3H3,(H,20,23). The van der Waals surface area contributed by atoms with Crippen molar-refractivity contribution in [2.45, 2.75) is 32.2 Å². The summed E-state index contributed by atoms with van der Waals surface area (Å²) in [4.78, 5) is 17.0. The van der Waals surface area contributed by atoms with E-state index in [0.717, 1.165) is 57.1 Å². The van der Waals surface area contributed by atoms with Crippen LogP contribution in [0.3, 0.4) is 0 Å². The third-order valence-electron chi connectivity index (χ3n) is 5.19. The van der Waals surface area contributed by atoms with Gasteiger partial charge in [-0.15, -0.1) is 0 Å². The molecule has 25 heavy (non-hydrogen) atoms. The molecule has 6 heteroatoms. The van der Waals surface area contributed by atoms with Crippen LogP contribution in [0.25, 0.3) is 0 Å². The molecule has 1 fully saturated rings. The van der Waals surface area contributed by atoms with E-state index in [-0.39, 0.29) is 11.6 Å². The zero-order valence-corrected chi connectivity index (χ0v) is 15.5. The van der Waals surface area contributed by atoms with Crippen molar-refractivity contribution in [1.82, 2.24) is 10.2 Å². The molecule has 2 amide bonds. The second kappa shape index (κ2) is 7.62. The number of amides is 2. The minimum absolute atomic E-state index is 0.0209. The Morgan fingerprint density at radius 2 is 2.04 bits per heavy atom. The Kier molecular flexibility index (Phi) is 5.49. The lowest BCUT2D eigenvalue weighted by molar-refractivity contribution is -0.00869. The Labute approximate surface area is 150 Å². The van der Waals surface area contributed by atoms with Crippen LogP contribution in [-0.2, 0) is 11.2 Å². The van der Waals surface area contributed by atoms with Crippen molar-refractivity contribution in [1.29, 1.82) is 0 Å². The lowest BCUT2D eigenvalue weighted by Gasteiger charge is -2.41. The Morgan fingerprint density at radius 3 is 2.76 bits per heavy atom. The van der Waals surface area contributed by atoms with Crippen LogP contribution >= 0.6 is 0 Å². The third-order valence-corrected chi connectivity index (χ3v) is 5.19. The number of aryl methyl sites for hydroxylation is 1. The molecular formula is C19H29N3O3. The predicted octanol–water partition coefficient (Wildman–Crippen LogP) is 2.27. The van der Waals surface area contributed by atoms with Gasteiger partial charge in [0.15, 0.2) is 0 Å². The van der Waals surface area contributed by atoms with E-state index in [0.29, 0.717) is 6.54 Å². The fourth-order valence-corrected chi connectivity index (χ4v) is 3.58.